The van der Waals surface area contributed by atoms with Crippen LogP contribution in [0.2, 0.25) is 0 Å². The van der Waals surface area contributed by atoms with E-state index in [-0.39, 0.29) is 0 Å². The molecule has 1 aromatic carbocycles. The van der Waals surface area contributed by atoms with Crippen molar-refractivity contribution in [2.45, 2.75) is 12.5 Å². The van der Waals surface area contributed by atoms with Crippen molar-refractivity contribution in [3.8, 4) is 0 Å². The van der Waals surface area contributed by atoms with Crippen LogP contribution in [0, 0.1) is 0 Å². The average molecular weight is 244 g/mol. The van der Waals surface area contributed by atoms with E-state index in [1.165, 1.54) is 0 Å². The van der Waals surface area contributed by atoms with Crippen LogP contribution in [-0.2, 0) is 15.0 Å². The van der Waals surface area contributed by atoms with Gasteiger partial charge >= 0.3 is 5.97 Å². The second-order valence-electron chi connectivity index (χ2n) is 2.69. The topological polar surface area (TPSA) is 52.3 Å². The molecule has 0 radical (unpaired) electrons. The highest BCUT2D eigenvalue weighted by Gasteiger charge is 2.14. The molecule has 1 rings (SSSR count). The van der Waals surface area contributed by atoms with E-state index in [9.17, 15) is 4.79 Å². The summed E-state index contributed by atoms with van der Waals surface area (Å²) >= 11 is 2.60. The van der Waals surface area contributed by atoms with Crippen molar-refractivity contribution in [1.82, 2.24) is 0 Å². The third kappa shape index (κ3) is 3.16. The van der Waals surface area contributed by atoms with Gasteiger partial charge < -0.3 is 9.56 Å². The van der Waals surface area contributed by atoms with E-state index in [2.05, 4.69) is 20.1 Å². The lowest BCUT2D eigenvalue weighted by Crippen LogP contribution is -2.32. The van der Waals surface area contributed by atoms with Gasteiger partial charge in [0.05, 0.1) is 0 Å². The summed E-state index contributed by atoms with van der Waals surface area (Å²) in [5.41, 5.74) is 6.58. The fourth-order valence-electron chi connectivity index (χ4n) is 1.01. The first-order valence-corrected chi connectivity index (χ1v) is 4.50. The van der Waals surface area contributed by atoms with Crippen molar-refractivity contribution in [3.05, 3.63) is 35.9 Å². The molecule has 13 heavy (non-hydrogen) atoms. The smallest absolute Gasteiger partial charge is 0.334 e. The van der Waals surface area contributed by atoms with Crippen molar-refractivity contribution in [3.63, 3.8) is 0 Å². The molecule has 1 aromatic rings. The number of hydrogen-bond acceptors (Lipinski definition) is 3. The molecule has 0 fully saturated rings. The Kier molecular flexibility index (Phi) is 3.92. The highest BCUT2D eigenvalue weighted by molar-refractivity contribution is 9.06. The molecule has 4 heteroatoms. The minimum atomic E-state index is -0.609. The molecule has 3 nitrogen and oxygen atoms in total. The van der Waals surface area contributed by atoms with Gasteiger partial charge in [-0.05, 0) is 12.0 Å². The van der Waals surface area contributed by atoms with Crippen LogP contribution in [0.1, 0.15) is 5.56 Å². The second kappa shape index (κ2) is 4.99. The third-order valence-electron chi connectivity index (χ3n) is 1.68. The van der Waals surface area contributed by atoms with Crippen LogP contribution in [-0.4, -0.2) is 12.0 Å². The summed E-state index contributed by atoms with van der Waals surface area (Å²) in [7, 11) is 0. The van der Waals surface area contributed by atoms with Gasteiger partial charge in [-0.3, -0.25) is 0 Å². The SMILES string of the molecule is N[C@@H](Cc1ccccc1)C(=O)OBr. The van der Waals surface area contributed by atoms with E-state index >= 15 is 0 Å². The molecule has 0 heterocycles. The number of hydrogen-bond donors (Lipinski definition) is 1. The Morgan fingerprint density at radius 2 is 2.08 bits per heavy atom. The predicted molar refractivity (Wildman–Crippen MR) is 53.1 cm³/mol. The van der Waals surface area contributed by atoms with Gasteiger partial charge in [-0.2, -0.15) is 0 Å². The number of halogens is 1. The first-order valence-electron chi connectivity index (χ1n) is 3.86. The van der Waals surface area contributed by atoms with E-state index in [1.54, 1.807) is 0 Å². The van der Waals surface area contributed by atoms with Crippen molar-refractivity contribution in [1.29, 1.82) is 0 Å². The molecule has 0 aliphatic heterocycles. The molecule has 0 bridgehead atoms. The van der Waals surface area contributed by atoms with Crippen LogP contribution in [0.5, 0.6) is 0 Å². The van der Waals surface area contributed by atoms with E-state index in [4.69, 9.17) is 5.73 Å². The Labute approximate surface area is 85.3 Å². The van der Waals surface area contributed by atoms with Gasteiger partial charge in [0.15, 0.2) is 16.3 Å². The van der Waals surface area contributed by atoms with Crippen LogP contribution in [0.15, 0.2) is 30.3 Å². The van der Waals surface area contributed by atoms with Crippen LogP contribution < -0.4 is 5.73 Å². The summed E-state index contributed by atoms with van der Waals surface area (Å²) in [6.45, 7) is 0. The van der Waals surface area contributed by atoms with Gasteiger partial charge in [-0.15, -0.1) is 0 Å². The largest absolute Gasteiger partial charge is 0.382 e. The van der Waals surface area contributed by atoms with Crippen molar-refractivity contribution in [2.75, 3.05) is 0 Å². The molecule has 1 atom stereocenters. The Balaban J connectivity index is 2.55. The molecule has 0 saturated carbocycles. The van der Waals surface area contributed by atoms with Gasteiger partial charge in [0.2, 0.25) is 0 Å². The minimum Gasteiger partial charge on any atom is -0.382 e. The van der Waals surface area contributed by atoms with Crippen molar-refractivity contribution in [2.24, 2.45) is 5.73 Å². The Hall–Kier alpha value is -0.870. The first-order chi connectivity index (χ1) is 6.24. The lowest BCUT2D eigenvalue weighted by atomic mass is 10.1. The van der Waals surface area contributed by atoms with Gasteiger partial charge in [0, 0.05) is 0 Å². The van der Waals surface area contributed by atoms with E-state index < -0.39 is 12.0 Å². The molecule has 0 aliphatic carbocycles. The molecule has 0 unspecified atom stereocenters. The van der Waals surface area contributed by atoms with Gasteiger partial charge in [-0.25, -0.2) is 4.79 Å². The number of rotatable bonds is 3. The third-order valence-corrected chi connectivity index (χ3v) is 2.00. The Morgan fingerprint density at radius 1 is 1.46 bits per heavy atom. The Morgan fingerprint density at radius 3 is 2.62 bits per heavy atom. The number of benzene rings is 1. The summed E-state index contributed by atoms with van der Waals surface area (Å²) < 4.78 is 4.33. The second-order valence-corrected chi connectivity index (χ2v) is 3.02. The standard InChI is InChI=1S/C9H10BrNO2/c10-13-9(12)8(11)6-7-4-2-1-3-5-7/h1-5,8H,6,11H2/t8-/m0/s1. The summed E-state index contributed by atoms with van der Waals surface area (Å²) in [5.74, 6) is -0.455. The minimum absolute atomic E-state index is 0.455. The van der Waals surface area contributed by atoms with Crippen LogP contribution in [0.3, 0.4) is 0 Å². The van der Waals surface area contributed by atoms with E-state index in [0.717, 1.165) is 5.56 Å². The predicted octanol–water partition coefficient (Wildman–Crippen LogP) is 1.41. The maximum atomic E-state index is 10.9. The fourth-order valence-corrected chi connectivity index (χ4v) is 1.25. The van der Waals surface area contributed by atoms with Crippen molar-refractivity contribution >= 4 is 22.2 Å². The summed E-state index contributed by atoms with van der Waals surface area (Å²) in [6.07, 6.45) is 0.491. The highest BCUT2D eigenvalue weighted by atomic mass is 79.9. The van der Waals surface area contributed by atoms with Crippen LogP contribution in [0.4, 0.5) is 0 Å². The van der Waals surface area contributed by atoms with E-state index in [0.29, 0.717) is 6.42 Å². The monoisotopic (exact) mass is 243 g/mol. The van der Waals surface area contributed by atoms with Crippen LogP contribution >= 0.6 is 16.3 Å². The normalized spacial score (nSPS) is 12.2. The van der Waals surface area contributed by atoms with Crippen molar-refractivity contribution < 1.29 is 8.62 Å². The van der Waals surface area contributed by atoms with Gasteiger partial charge in [-0.1, -0.05) is 30.3 Å². The zero-order chi connectivity index (χ0) is 9.68. The lowest BCUT2D eigenvalue weighted by Gasteiger charge is -2.07. The van der Waals surface area contributed by atoms with Gasteiger partial charge in [0.1, 0.15) is 6.04 Å². The zero-order valence-electron chi connectivity index (χ0n) is 6.94. The summed E-state index contributed by atoms with van der Waals surface area (Å²) in [4.78, 5) is 10.9. The first kappa shape index (κ1) is 10.2. The zero-order valence-corrected chi connectivity index (χ0v) is 8.53. The number of nitrogens with two attached hydrogens (primary N) is 1. The maximum absolute atomic E-state index is 10.9. The Bertz CT molecular complexity index is 276. The van der Waals surface area contributed by atoms with Gasteiger partial charge in [0.25, 0.3) is 0 Å². The molecule has 0 amide bonds. The molecule has 2 N–H and O–H groups in total. The molecule has 70 valence electrons. The maximum Gasteiger partial charge on any atom is 0.334 e. The number of carbonyl (C=O) groups is 1. The van der Waals surface area contributed by atoms with Crippen LogP contribution in [0.25, 0.3) is 0 Å². The fraction of sp³-hybridized carbons (Fsp3) is 0.222. The molecule has 0 saturated heterocycles. The molecule has 0 aromatic heterocycles. The molecule has 0 aliphatic rings. The van der Waals surface area contributed by atoms with E-state index in [1.807, 2.05) is 30.3 Å². The molecular formula is C9H10BrNO2. The highest BCUT2D eigenvalue weighted by Crippen LogP contribution is 2.03. The average Bonchev–Trinajstić information content (AvgIpc) is 2.18. The summed E-state index contributed by atoms with van der Waals surface area (Å²) in [5, 5.41) is 0. The summed E-state index contributed by atoms with van der Waals surface area (Å²) in [6, 6.07) is 8.95. The lowest BCUT2D eigenvalue weighted by molar-refractivity contribution is -0.133. The number of carbonyl (C=O) groups excluding carboxylic acids is 1. The molecule has 0 spiro atoms. The quantitative estimate of drug-likeness (QED) is 0.874. The molecular weight excluding hydrogens is 234 g/mol.